The molecule has 1 fully saturated rings. The van der Waals surface area contributed by atoms with Crippen molar-refractivity contribution in [3.05, 3.63) is 35.6 Å². The lowest BCUT2D eigenvalue weighted by Gasteiger charge is -2.24. The van der Waals surface area contributed by atoms with Gasteiger partial charge in [-0.3, -0.25) is 0 Å². The predicted octanol–water partition coefficient (Wildman–Crippen LogP) is 2.77. The Balaban J connectivity index is 2.10. The van der Waals surface area contributed by atoms with Crippen LogP contribution in [0.1, 0.15) is 32.3 Å². The smallest absolute Gasteiger partial charge is 0.410 e. The number of nitrogens with zero attached hydrogens (tertiary/aromatic N) is 1. The number of aliphatic hydroxyl groups excluding tert-OH is 1. The summed E-state index contributed by atoms with van der Waals surface area (Å²) in [6.07, 6.45) is -0.370. The molecule has 2 rings (SSSR count). The van der Waals surface area contributed by atoms with Gasteiger partial charge in [-0.05, 0) is 38.5 Å². The van der Waals surface area contributed by atoms with Crippen molar-refractivity contribution in [2.24, 2.45) is 5.92 Å². The summed E-state index contributed by atoms with van der Waals surface area (Å²) in [5.74, 6) is -0.340. The maximum absolute atomic E-state index is 13.0. The lowest BCUT2D eigenvalue weighted by molar-refractivity contribution is 0.0283. The number of halogens is 1. The quantitative estimate of drug-likeness (QED) is 0.912. The van der Waals surface area contributed by atoms with Gasteiger partial charge in [0, 0.05) is 31.5 Å². The fourth-order valence-electron chi connectivity index (χ4n) is 2.62. The van der Waals surface area contributed by atoms with Crippen LogP contribution in [0.4, 0.5) is 9.18 Å². The zero-order valence-electron chi connectivity index (χ0n) is 12.7. The van der Waals surface area contributed by atoms with Crippen molar-refractivity contribution in [2.45, 2.75) is 32.3 Å². The Bertz CT molecular complexity index is 495. The molecule has 0 aliphatic carbocycles. The van der Waals surface area contributed by atoms with Crippen molar-refractivity contribution in [1.82, 2.24) is 4.90 Å². The molecule has 0 bridgehead atoms. The average molecular weight is 295 g/mol. The average Bonchev–Trinajstić information content (AvgIpc) is 2.82. The van der Waals surface area contributed by atoms with Gasteiger partial charge < -0.3 is 14.7 Å². The fourth-order valence-corrected chi connectivity index (χ4v) is 2.62. The van der Waals surface area contributed by atoms with Gasteiger partial charge in [0.25, 0.3) is 0 Å². The Hall–Kier alpha value is -1.62. The minimum atomic E-state index is -0.542. The standard InChI is InChI=1S/C16H22FNO3/c1-16(2,3)21-15(20)18-8-12(10-19)14(9-18)11-4-6-13(17)7-5-11/h4-7,12,14,19H,8-10H2,1-3H3/t12-,14-/m1/s1. The SMILES string of the molecule is CC(C)(C)OC(=O)N1C[C@H](CO)[C@@H](c2ccc(F)cc2)C1. The fraction of sp³-hybridized carbons (Fsp3) is 0.562. The summed E-state index contributed by atoms with van der Waals surface area (Å²) in [5, 5.41) is 9.53. The number of amides is 1. The zero-order valence-corrected chi connectivity index (χ0v) is 12.7. The molecule has 2 atom stereocenters. The highest BCUT2D eigenvalue weighted by atomic mass is 19.1. The number of likely N-dealkylation sites (tertiary alicyclic amines) is 1. The third kappa shape index (κ3) is 3.94. The highest BCUT2D eigenvalue weighted by Crippen LogP contribution is 2.33. The molecule has 5 heteroatoms. The number of benzene rings is 1. The van der Waals surface area contributed by atoms with E-state index in [4.69, 9.17) is 4.74 Å². The molecule has 1 aliphatic heterocycles. The Morgan fingerprint density at radius 2 is 1.95 bits per heavy atom. The van der Waals surface area contributed by atoms with E-state index in [0.29, 0.717) is 13.1 Å². The van der Waals surface area contributed by atoms with Gasteiger partial charge in [-0.25, -0.2) is 9.18 Å². The molecule has 1 saturated heterocycles. The molecular weight excluding hydrogens is 273 g/mol. The van der Waals surface area contributed by atoms with Crippen LogP contribution in [0.3, 0.4) is 0 Å². The molecule has 1 heterocycles. The topological polar surface area (TPSA) is 49.8 Å². The Labute approximate surface area is 124 Å². The van der Waals surface area contributed by atoms with Crippen molar-refractivity contribution < 1.29 is 19.0 Å². The van der Waals surface area contributed by atoms with Crippen molar-refractivity contribution >= 4 is 6.09 Å². The van der Waals surface area contributed by atoms with E-state index in [1.807, 2.05) is 20.8 Å². The summed E-state index contributed by atoms with van der Waals surface area (Å²) in [6, 6.07) is 6.22. The summed E-state index contributed by atoms with van der Waals surface area (Å²) in [7, 11) is 0. The van der Waals surface area contributed by atoms with E-state index >= 15 is 0 Å². The molecule has 0 saturated carbocycles. The van der Waals surface area contributed by atoms with Gasteiger partial charge in [0.05, 0.1) is 0 Å². The number of ether oxygens (including phenoxy) is 1. The van der Waals surface area contributed by atoms with E-state index in [1.165, 1.54) is 12.1 Å². The number of hydrogen-bond donors (Lipinski definition) is 1. The maximum Gasteiger partial charge on any atom is 0.410 e. The predicted molar refractivity (Wildman–Crippen MR) is 77.5 cm³/mol. The van der Waals surface area contributed by atoms with Crippen LogP contribution in [0.2, 0.25) is 0 Å². The highest BCUT2D eigenvalue weighted by molar-refractivity contribution is 5.68. The molecule has 0 aromatic heterocycles. The third-order valence-electron chi connectivity index (χ3n) is 3.63. The van der Waals surface area contributed by atoms with Crippen molar-refractivity contribution in [1.29, 1.82) is 0 Å². The van der Waals surface area contributed by atoms with Crippen molar-refractivity contribution in [2.75, 3.05) is 19.7 Å². The van der Waals surface area contributed by atoms with Crippen LogP contribution in [-0.2, 0) is 4.74 Å². The van der Waals surface area contributed by atoms with Crippen LogP contribution in [-0.4, -0.2) is 41.4 Å². The van der Waals surface area contributed by atoms with Crippen LogP contribution in [0.25, 0.3) is 0 Å². The number of aliphatic hydroxyl groups is 1. The van der Waals surface area contributed by atoms with E-state index in [0.717, 1.165) is 5.56 Å². The summed E-state index contributed by atoms with van der Waals surface area (Å²) < 4.78 is 18.4. The minimum Gasteiger partial charge on any atom is -0.444 e. The third-order valence-corrected chi connectivity index (χ3v) is 3.63. The maximum atomic E-state index is 13.0. The van der Waals surface area contributed by atoms with E-state index in [2.05, 4.69) is 0 Å². The normalized spacial score (nSPS) is 22.4. The molecule has 1 amide bonds. The zero-order chi connectivity index (χ0) is 15.6. The molecule has 4 nitrogen and oxygen atoms in total. The van der Waals surface area contributed by atoms with Gasteiger partial charge in [0.1, 0.15) is 11.4 Å². The van der Waals surface area contributed by atoms with Crippen molar-refractivity contribution in [3.63, 3.8) is 0 Å². The number of hydrogen-bond acceptors (Lipinski definition) is 3. The van der Waals surface area contributed by atoms with Gasteiger partial charge in [-0.1, -0.05) is 12.1 Å². The second kappa shape index (κ2) is 6.02. The second-order valence-electron chi connectivity index (χ2n) is 6.49. The molecule has 1 aromatic carbocycles. The van der Waals surface area contributed by atoms with Gasteiger partial charge in [0.2, 0.25) is 0 Å². The molecule has 1 N–H and O–H groups in total. The molecule has 0 unspecified atom stereocenters. The largest absolute Gasteiger partial charge is 0.444 e. The first kappa shape index (κ1) is 15.8. The van der Waals surface area contributed by atoms with Gasteiger partial charge in [-0.15, -0.1) is 0 Å². The first-order valence-electron chi connectivity index (χ1n) is 7.14. The molecule has 1 aromatic rings. The molecule has 0 radical (unpaired) electrons. The lowest BCUT2D eigenvalue weighted by atomic mass is 9.89. The molecule has 21 heavy (non-hydrogen) atoms. The molecule has 0 spiro atoms. The first-order valence-corrected chi connectivity index (χ1v) is 7.14. The Morgan fingerprint density at radius 3 is 2.48 bits per heavy atom. The summed E-state index contributed by atoms with van der Waals surface area (Å²) >= 11 is 0. The van der Waals surface area contributed by atoms with Gasteiger partial charge in [0.15, 0.2) is 0 Å². The number of carbonyl (C=O) groups is 1. The summed E-state index contributed by atoms with van der Waals surface area (Å²) in [5.41, 5.74) is 0.390. The highest BCUT2D eigenvalue weighted by Gasteiger charge is 2.37. The van der Waals surface area contributed by atoms with Gasteiger partial charge >= 0.3 is 6.09 Å². The Kier molecular flexibility index (Phi) is 4.52. The van der Waals surface area contributed by atoms with Crippen LogP contribution < -0.4 is 0 Å². The van der Waals surface area contributed by atoms with E-state index in [9.17, 15) is 14.3 Å². The van der Waals surface area contributed by atoms with Crippen molar-refractivity contribution in [3.8, 4) is 0 Å². The first-order chi connectivity index (χ1) is 9.80. The summed E-state index contributed by atoms with van der Waals surface area (Å²) in [4.78, 5) is 13.7. The van der Waals surface area contributed by atoms with E-state index < -0.39 is 5.60 Å². The second-order valence-corrected chi connectivity index (χ2v) is 6.49. The minimum absolute atomic E-state index is 0.00289. The molecule has 1 aliphatic rings. The van der Waals surface area contributed by atoms with Crippen LogP contribution in [0.15, 0.2) is 24.3 Å². The summed E-state index contributed by atoms with van der Waals surface area (Å²) in [6.45, 7) is 6.38. The van der Waals surface area contributed by atoms with E-state index in [1.54, 1.807) is 17.0 Å². The number of rotatable bonds is 2. The van der Waals surface area contributed by atoms with Crippen LogP contribution in [0.5, 0.6) is 0 Å². The number of carbonyl (C=O) groups excluding carboxylic acids is 1. The van der Waals surface area contributed by atoms with Crippen LogP contribution >= 0.6 is 0 Å². The molecule has 116 valence electrons. The van der Waals surface area contributed by atoms with Crippen LogP contribution in [0, 0.1) is 11.7 Å². The van der Waals surface area contributed by atoms with E-state index in [-0.39, 0.29) is 30.4 Å². The lowest BCUT2D eigenvalue weighted by Crippen LogP contribution is -2.35. The molecular formula is C16H22FNO3. The monoisotopic (exact) mass is 295 g/mol. The Morgan fingerprint density at radius 1 is 1.33 bits per heavy atom. The van der Waals surface area contributed by atoms with Gasteiger partial charge in [-0.2, -0.15) is 0 Å².